The molecule has 0 aliphatic heterocycles. The molecule has 0 fully saturated rings. The average Bonchev–Trinajstić information content (AvgIpc) is 2.82. The molecule has 1 aromatic carbocycles. The van der Waals surface area contributed by atoms with Gasteiger partial charge >= 0.3 is 0 Å². The first-order valence-electron chi connectivity index (χ1n) is 7.18. The number of Topliss-reactive ketones (excluding diaryl/α,β-unsaturated/α-hetero) is 1. The first-order valence-corrected chi connectivity index (χ1v) is 8.00. The highest BCUT2D eigenvalue weighted by atomic mass is 32.1. The normalized spacial score (nSPS) is 16.5. The molecule has 0 N–H and O–H groups in total. The molecule has 0 spiro atoms. The smallest absolute Gasteiger partial charge is 0.173 e. The van der Waals surface area contributed by atoms with Crippen molar-refractivity contribution in [2.24, 2.45) is 10.4 Å². The predicted molar refractivity (Wildman–Crippen MR) is 89.2 cm³/mol. The fraction of sp³-hybridized carbons (Fsp3) is 0.278. The van der Waals surface area contributed by atoms with Crippen LogP contribution in [0.15, 0.2) is 35.3 Å². The summed E-state index contributed by atoms with van der Waals surface area (Å²) >= 11 is 1.34. The zero-order valence-electron chi connectivity index (χ0n) is 12.6. The van der Waals surface area contributed by atoms with Crippen molar-refractivity contribution in [1.29, 1.82) is 5.26 Å². The summed E-state index contributed by atoms with van der Waals surface area (Å²) in [6.07, 6.45) is 3.04. The highest BCUT2D eigenvalue weighted by Gasteiger charge is 2.35. The Morgan fingerprint density at radius 2 is 2.00 bits per heavy atom. The predicted octanol–water partition coefficient (Wildman–Crippen LogP) is 4.53. The molecule has 2 aromatic rings. The van der Waals surface area contributed by atoms with Crippen molar-refractivity contribution in [2.45, 2.75) is 26.7 Å². The van der Waals surface area contributed by atoms with Crippen molar-refractivity contribution in [3.63, 3.8) is 0 Å². The van der Waals surface area contributed by atoms with E-state index in [2.05, 4.69) is 24.9 Å². The van der Waals surface area contributed by atoms with Crippen molar-refractivity contribution < 1.29 is 4.79 Å². The summed E-state index contributed by atoms with van der Waals surface area (Å²) < 4.78 is 0. The third-order valence-corrected chi connectivity index (χ3v) is 4.96. The Hall–Kier alpha value is -2.25. The Morgan fingerprint density at radius 1 is 1.27 bits per heavy atom. The van der Waals surface area contributed by atoms with E-state index in [-0.39, 0.29) is 11.2 Å². The maximum atomic E-state index is 12.3. The van der Waals surface area contributed by atoms with Crippen LogP contribution in [0.1, 0.15) is 46.6 Å². The van der Waals surface area contributed by atoms with Gasteiger partial charge in [0.15, 0.2) is 5.78 Å². The van der Waals surface area contributed by atoms with Crippen molar-refractivity contribution in [2.75, 3.05) is 0 Å². The fourth-order valence-corrected chi connectivity index (χ4v) is 3.83. The highest BCUT2D eigenvalue weighted by Crippen LogP contribution is 2.44. The average molecular weight is 308 g/mol. The third-order valence-electron chi connectivity index (χ3n) is 3.78. The van der Waals surface area contributed by atoms with Gasteiger partial charge in [-0.05, 0) is 23.0 Å². The van der Waals surface area contributed by atoms with E-state index in [9.17, 15) is 10.1 Å². The maximum Gasteiger partial charge on any atom is 0.173 e. The number of nitriles is 1. The molecule has 0 atom stereocenters. The standard InChI is InChI=1S/C18H16N2OS/c1-18(2)8-13-14(10-19)17(22-16(13)15(21)9-18)20-11-12-6-4-3-5-7-12/h3-7,11H,8-9H2,1-2H3/b20-11+. The second kappa shape index (κ2) is 5.51. The van der Waals surface area contributed by atoms with Gasteiger partial charge in [0.1, 0.15) is 11.1 Å². The van der Waals surface area contributed by atoms with Crippen molar-refractivity contribution in [1.82, 2.24) is 0 Å². The molecule has 0 saturated carbocycles. The van der Waals surface area contributed by atoms with E-state index in [0.717, 1.165) is 22.4 Å². The second-order valence-corrected chi connectivity index (χ2v) is 7.31. The van der Waals surface area contributed by atoms with Crippen LogP contribution in [-0.4, -0.2) is 12.0 Å². The lowest BCUT2D eigenvalue weighted by molar-refractivity contribution is 0.0917. The Kier molecular flexibility index (Phi) is 3.67. The molecule has 22 heavy (non-hydrogen) atoms. The number of benzene rings is 1. The number of carbonyl (C=O) groups is 1. The topological polar surface area (TPSA) is 53.2 Å². The van der Waals surface area contributed by atoms with Crippen LogP contribution in [0.25, 0.3) is 0 Å². The quantitative estimate of drug-likeness (QED) is 0.766. The summed E-state index contributed by atoms with van der Waals surface area (Å²) in [7, 11) is 0. The summed E-state index contributed by atoms with van der Waals surface area (Å²) in [5, 5.41) is 10.1. The monoisotopic (exact) mass is 308 g/mol. The van der Waals surface area contributed by atoms with E-state index >= 15 is 0 Å². The number of ketones is 1. The van der Waals surface area contributed by atoms with Gasteiger partial charge in [-0.15, -0.1) is 11.3 Å². The van der Waals surface area contributed by atoms with Crippen LogP contribution in [0.3, 0.4) is 0 Å². The molecule has 4 heteroatoms. The molecule has 0 saturated heterocycles. The molecule has 0 bridgehead atoms. The molecule has 0 amide bonds. The van der Waals surface area contributed by atoms with Crippen LogP contribution < -0.4 is 0 Å². The number of aliphatic imine (C=N–C) groups is 1. The molecular weight excluding hydrogens is 292 g/mol. The lowest BCUT2D eigenvalue weighted by Crippen LogP contribution is -2.25. The molecule has 1 heterocycles. The van der Waals surface area contributed by atoms with Crippen LogP contribution >= 0.6 is 11.3 Å². The van der Waals surface area contributed by atoms with Gasteiger partial charge in [-0.2, -0.15) is 5.26 Å². The first kappa shape index (κ1) is 14.7. The molecule has 0 unspecified atom stereocenters. The molecule has 1 aliphatic carbocycles. The van der Waals surface area contributed by atoms with Gasteiger partial charge in [-0.1, -0.05) is 44.2 Å². The Morgan fingerprint density at radius 3 is 2.68 bits per heavy atom. The number of rotatable bonds is 2. The van der Waals surface area contributed by atoms with Crippen molar-refractivity contribution in [3.05, 3.63) is 51.9 Å². The van der Waals surface area contributed by atoms with Gasteiger partial charge < -0.3 is 0 Å². The Bertz CT molecular complexity index is 794. The van der Waals surface area contributed by atoms with Crippen LogP contribution in [0, 0.1) is 16.7 Å². The van der Waals surface area contributed by atoms with Gasteiger partial charge in [-0.25, -0.2) is 4.99 Å². The minimum atomic E-state index is -0.0861. The molecule has 3 nitrogen and oxygen atoms in total. The van der Waals surface area contributed by atoms with Crippen molar-refractivity contribution in [3.8, 4) is 6.07 Å². The van der Waals surface area contributed by atoms with E-state index < -0.39 is 0 Å². The molecule has 1 aliphatic rings. The van der Waals surface area contributed by atoms with Gasteiger partial charge in [0, 0.05) is 12.6 Å². The summed E-state index contributed by atoms with van der Waals surface area (Å²) in [5.41, 5.74) is 2.34. The zero-order chi connectivity index (χ0) is 15.7. The van der Waals surface area contributed by atoms with E-state index in [0.29, 0.717) is 17.0 Å². The molecule has 0 radical (unpaired) electrons. The molecular formula is C18H16N2OS. The first-order chi connectivity index (χ1) is 10.5. The highest BCUT2D eigenvalue weighted by molar-refractivity contribution is 7.18. The SMILES string of the molecule is CC1(C)CC(=O)c2sc(/N=C/c3ccccc3)c(C#N)c2C1. The van der Waals surface area contributed by atoms with Gasteiger partial charge in [0.2, 0.25) is 0 Å². The lowest BCUT2D eigenvalue weighted by atomic mass is 9.75. The minimum absolute atomic E-state index is 0.0861. The van der Waals surface area contributed by atoms with Gasteiger partial charge in [0.05, 0.1) is 10.4 Å². The lowest BCUT2D eigenvalue weighted by Gasteiger charge is -2.28. The van der Waals surface area contributed by atoms with E-state index in [1.165, 1.54) is 11.3 Å². The van der Waals surface area contributed by atoms with Crippen LogP contribution in [0.2, 0.25) is 0 Å². The van der Waals surface area contributed by atoms with Crippen molar-refractivity contribution >= 4 is 28.3 Å². The number of nitrogens with zero attached hydrogens (tertiary/aromatic N) is 2. The van der Waals surface area contributed by atoms with E-state index in [1.807, 2.05) is 30.3 Å². The number of thiophene rings is 1. The third kappa shape index (κ3) is 2.72. The summed E-state index contributed by atoms with van der Waals surface area (Å²) in [6.45, 7) is 4.14. The van der Waals surface area contributed by atoms with Crippen LogP contribution in [0.4, 0.5) is 5.00 Å². The maximum absolute atomic E-state index is 12.3. The zero-order valence-corrected chi connectivity index (χ0v) is 13.4. The molecule has 110 valence electrons. The van der Waals surface area contributed by atoms with Gasteiger partial charge in [-0.3, -0.25) is 4.79 Å². The molecule has 1 aromatic heterocycles. The number of fused-ring (bicyclic) bond motifs is 1. The number of carbonyl (C=O) groups excluding carboxylic acids is 1. The fourth-order valence-electron chi connectivity index (χ4n) is 2.78. The van der Waals surface area contributed by atoms with E-state index in [1.54, 1.807) is 6.21 Å². The second-order valence-electron chi connectivity index (χ2n) is 6.31. The van der Waals surface area contributed by atoms with Crippen LogP contribution in [0.5, 0.6) is 0 Å². The minimum Gasteiger partial charge on any atom is -0.293 e. The summed E-state index contributed by atoms with van der Waals surface area (Å²) in [4.78, 5) is 17.5. The molecule has 3 rings (SSSR count). The number of hydrogen-bond acceptors (Lipinski definition) is 4. The number of hydrogen-bond donors (Lipinski definition) is 0. The van der Waals surface area contributed by atoms with E-state index in [4.69, 9.17) is 0 Å². The Labute approximate surface area is 133 Å². The largest absolute Gasteiger partial charge is 0.293 e. The Balaban J connectivity index is 2.03. The summed E-state index contributed by atoms with van der Waals surface area (Å²) in [5.74, 6) is 0.133. The van der Waals surface area contributed by atoms with Crippen LogP contribution in [-0.2, 0) is 6.42 Å². The summed E-state index contributed by atoms with van der Waals surface area (Å²) in [6, 6.07) is 12.0. The van der Waals surface area contributed by atoms with Gasteiger partial charge in [0.25, 0.3) is 0 Å².